The number of piperazine rings is 1. The topological polar surface area (TPSA) is 49.4 Å². The smallest absolute Gasteiger partial charge is 0.246 e. The third-order valence-corrected chi connectivity index (χ3v) is 6.28. The molecule has 1 N–H and O–H groups in total. The molecule has 1 saturated heterocycles. The molecule has 0 spiro atoms. The van der Waals surface area contributed by atoms with Gasteiger partial charge in [-0.1, -0.05) is 48.5 Å². The predicted octanol–water partition coefficient (Wildman–Crippen LogP) is 2.43. The standard InChI is InChI=1S/C17H30N2O2/c1-8-11-14(20)18-13(10(2)3)15(21)19(11)9-12-16(4,5)17(12,6)7/h10-13H,8-9H2,1-7H3,(H,18,20). The Bertz CT molecular complexity index is 440. The highest BCUT2D eigenvalue weighted by atomic mass is 16.2. The van der Waals surface area contributed by atoms with Crippen molar-refractivity contribution in [1.82, 2.24) is 10.2 Å². The molecule has 2 fully saturated rings. The van der Waals surface area contributed by atoms with Crippen LogP contribution in [-0.4, -0.2) is 35.3 Å². The molecule has 21 heavy (non-hydrogen) atoms. The number of carbonyl (C=O) groups is 2. The summed E-state index contributed by atoms with van der Waals surface area (Å²) in [6, 6.07) is -0.676. The second-order valence-corrected chi connectivity index (χ2v) is 8.14. The second kappa shape index (κ2) is 4.99. The Hall–Kier alpha value is -1.06. The molecule has 1 heterocycles. The second-order valence-electron chi connectivity index (χ2n) is 8.14. The van der Waals surface area contributed by atoms with Gasteiger partial charge in [0.1, 0.15) is 12.1 Å². The van der Waals surface area contributed by atoms with Gasteiger partial charge in [-0.2, -0.15) is 0 Å². The zero-order valence-corrected chi connectivity index (χ0v) is 14.5. The SMILES string of the molecule is CCC1C(=O)NC(C(C)C)C(=O)N1CC1C(C)(C)C1(C)C. The molecule has 2 unspecified atom stereocenters. The summed E-state index contributed by atoms with van der Waals surface area (Å²) in [5.41, 5.74) is 0.458. The molecule has 0 radical (unpaired) electrons. The zero-order valence-electron chi connectivity index (χ0n) is 14.5. The van der Waals surface area contributed by atoms with Gasteiger partial charge in [-0.05, 0) is 29.1 Å². The van der Waals surface area contributed by atoms with Gasteiger partial charge in [0.2, 0.25) is 11.8 Å². The van der Waals surface area contributed by atoms with Crippen molar-refractivity contribution < 1.29 is 9.59 Å². The third kappa shape index (κ3) is 2.36. The van der Waals surface area contributed by atoms with Gasteiger partial charge in [0, 0.05) is 6.54 Å². The number of carbonyl (C=O) groups excluding carboxylic acids is 2. The van der Waals surface area contributed by atoms with Crippen molar-refractivity contribution in [3.05, 3.63) is 0 Å². The van der Waals surface area contributed by atoms with Gasteiger partial charge in [0.15, 0.2) is 0 Å². The Balaban J connectivity index is 2.21. The Morgan fingerprint density at radius 2 is 1.67 bits per heavy atom. The number of hydrogen-bond acceptors (Lipinski definition) is 2. The number of nitrogens with one attached hydrogen (secondary N) is 1. The van der Waals surface area contributed by atoms with Gasteiger partial charge in [0.25, 0.3) is 0 Å². The van der Waals surface area contributed by atoms with E-state index in [1.807, 2.05) is 25.7 Å². The van der Waals surface area contributed by atoms with Crippen molar-refractivity contribution in [3.8, 4) is 0 Å². The lowest BCUT2D eigenvalue weighted by Gasteiger charge is -2.40. The maximum Gasteiger partial charge on any atom is 0.246 e. The van der Waals surface area contributed by atoms with E-state index in [2.05, 4.69) is 33.0 Å². The van der Waals surface area contributed by atoms with Crippen molar-refractivity contribution in [3.63, 3.8) is 0 Å². The summed E-state index contributed by atoms with van der Waals surface area (Å²) >= 11 is 0. The summed E-state index contributed by atoms with van der Waals surface area (Å²) in [4.78, 5) is 26.9. The molecular weight excluding hydrogens is 264 g/mol. The lowest BCUT2D eigenvalue weighted by molar-refractivity contribution is -0.151. The predicted molar refractivity (Wildman–Crippen MR) is 83.6 cm³/mol. The first kappa shape index (κ1) is 16.3. The minimum atomic E-state index is -0.370. The van der Waals surface area contributed by atoms with E-state index in [9.17, 15) is 9.59 Å². The molecule has 2 rings (SSSR count). The lowest BCUT2D eigenvalue weighted by Crippen LogP contribution is -2.65. The monoisotopic (exact) mass is 294 g/mol. The summed E-state index contributed by atoms with van der Waals surface area (Å²) in [7, 11) is 0. The molecule has 4 nitrogen and oxygen atoms in total. The van der Waals surface area contributed by atoms with Gasteiger partial charge < -0.3 is 10.2 Å². The van der Waals surface area contributed by atoms with Gasteiger partial charge >= 0.3 is 0 Å². The molecule has 1 saturated carbocycles. The van der Waals surface area contributed by atoms with Gasteiger partial charge in [-0.3, -0.25) is 9.59 Å². The highest BCUT2D eigenvalue weighted by molar-refractivity contribution is 5.97. The van der Waals surface area contributed by atoms with Crippen LogP contribution in [0, 0.1) is 22.7 Å². The fraction of sp³-hybridized carbons (Fsp3) is 0.882. The maximum absolute atomic E-state index is 12.8. The van der Waals surface area contributed by atoms with Gasteiger partial charge in [-0.15, -0.1) is 0 Å². The number of nitrogens with zero attached hydrogens (tertiary/aromatic N) is 1. The highest BCUT2D eigenvalue weighted by Gasteiger charge is 2.65. The van der Waals surface area contributed by atoms with E-state index in [-0.39, 0.29) is 40.6 Å². The van der Waals surface area contributed by atoms with E-state index in [0.717, 1.165) is 0 Å². The summed E-state index contributed by atoms with van der Waals surface area (Å²) in [5.74, 6) is 0.686. The molecule has 0 aromatic heterocycles. The third-order valence-electron chi connectivity index (χ3n) is 6.28. The van der Waals surface area contributed by atoms with Crippen LogP contribution >= 0.6 is 0 Å². The van der Waals surface area contributed by atoms with E-state index in [1.54, 1.807) is 0 Å². The summed E-state index contributed by atoms with van der Waals surface area (Å²) in [5, 5.41) is 2.90. The molecule has 0 bridgehead atoms. The molecule has 2 amide bonds. The van der Waals surface area contributed by atoms with Crippen LogP contribution in [0.25, 0.3) is 0 Å². The van der Waals surface area contributed by atoms with Gasteiger partial charge in [-0.25, -0.2) is 0 Å². The first-order chi connectivity index (χ1) is 9.55. The average molecular weight is 294 g/mol. The van der Waals surface area contributed by atoms with Crippen molar-refractivity contribution in [2.24, 2.45) is 22.7 Å². The molecule has 4 heteroatoms. The van der Waals surface area contributed by atoms with E-state index < -0.39 is 0 Å². The Labute approximate surface area is 128 Å². The van der Waals surface area contributed by atoms with Crippen LogP contribution in [0.4, 0.5) is 0 Å². The molecule has 2 atom stereocenters. The first-order valence-electron chi connectivity index (χ1n) is 8.16. The summed E-state index contributed by atoms with van der Waals surface area (Å²) in [6.07, 6.45) is 0.677. The van der Waals surface area contributed by atoms with Crippen molar-refractivity contribution >= 4 is 11.8 Å². The molecule has 1 aliphatic carbocycles. The Morgan fingerprint density at radius 1 is 1.14 bits per heavy atom. The number of hydrogen-bond donors (Lipinski definition) is 1. The largest absolute Gasteiger partial charge is 0.342 e. The fourth-order valence-corrected chi connectivity index (χ4v) is 3.85. The van der Waals surface area contributed by atoms with Crippen LogP contribution in [0.5, 0.6) is 0 Å². The van der Waals surface area contributed by atoms with E-state index in [1.165, 1.54) is 0 Å². The zero-order chi connectivity index (χ0) is 16.2. The minimum absolute atomic E-state index is 0.00654. The van der Waals surface area contributed by atoms with E-state index in [0.29, 0.717) is 18.9 Å². The maximum atomic E-state index is 12.8. The molecule has 2 aliphatic rings. The number of amides is 2. The first-order valence-corrected chi connectivity index (χ1v) is 8.16. The normalized spacial score (nSPS) is 31.5. The molecule has 120 valence electrons. The van der Waals surface area contributed by atoms with Crippen molar-refractivity contribution in [2.45, 2.75) is 67.0 Å². The van der Waals surface area contributed by atoms with Crippen LogP contribution in [0.3, 0.4) is 0 Å². The quantitative estimate of drug-likeness (QED) is 0.865. The molecular formula is C17H30N2O2. The fourth-order valence-electron chi connectivity index (χ4n) is 3.85. The number of rotatable bonds is 4. The van der Waals surface area contributed by atoms with Crippen LogP contribution < -0.4 is 5.32 Å². The van der Waals surface area contributed by atoms with Crippen LogP contribution in [-0.2, 0) is 9.59 Å². The lowest BCUT2D eigenvalue weighted by atomic mass is 9.96. The van der Waals surface area contributed by atoms with Crippen molar-refractivity contribution in [2.75, 3.05) is 6.54 Å². The van der Waals surface area contributed by atoms with E-state index >= 15 is 0 Å². The highest BCUT2D eigenvalue weighted by Crippen LogP contribution is 2.68. The van der Waals surface area contributed by atoms with Crippen LogP contribution in [0.2, 0.25) is 0 Å². The minimum Gasteiger partial charge on any atom is -0.342 e. The molecule has 0 aromatic rings. The van der Waals surface area contributed by atoms with Crippen LogP contribution in [0.1, 0.15) is 54.9 Å². The molecule has 1 aliphatic heterocycles. The molecule has 0 aromatic carbocycles. The van der Waals surface area contributed by atoms with E-state index in [4.69, 9.17) is 0 Å². The van der Waals surface area contributed by atoms with Gasteiger partial charge in [0.05, 0.1) is 0 Å². The summed E-state index contributed by atoms with van der Waals surface area (Å²) in [6.45, 7) is 15.7. The average Bonchev–Trinajstić information content (AvgIpc) is 2.75. The Morgan fingerprint density at radius 3 is 2.05 bits per heavy atom. The summed E-state index contributed by atoms with van der Waals surface area (Å²) < 4.78 is 0. The Kier molecular flexibility index (Phi) is 3.88. The van der Waals surface area contributed by atoms with Crippen LogP contribution in [0.15, 0.2) is 0 Å². The van der Waals surface area contributed by atoms with Crippen molar-refractivity contribution in [1.29, 1.82) is 0 Å².